The zero-order chi connectivity index (χ0) is 38.3. The van der Waals surface area contributed by atoms with Gasteiger partial charge in [-0.1, -0.05) is 51.8 Å². The summed E-state index contributed by atoms with van der Waals surface area (Å²) in [4.78, 5) is 60.5. The molecule has 0 aromatic carbocycles. The number of fused-ring (bicyclic) bond motifs is 10. The van der Waals surface area contributed by atoms with Gasteiger partial charge in [-0.2, -0.15) is 0 Å². The number of hydrogen-bond acceptors (Lipinski definition) is 7. The van der Waals surface area contributed by atoms with Crippen molar-refractivity contribution in [2.45, 2.75) is 163 Å². The van der Waals surface area contributed by atoms with Gasteiger partial charge in [0.15, 0.2) is 23.0 Å². The van der Waals surface area contributed by atoms with E-state index in [0.717, 1.165) is 63.7 Å². The molecular formula is C46H64O7. The minimum absolute atomic E-state index is 0.0160. The Kier molecular flexibility index (Phi) is 9.74. The van der Waals surface area contributed by atoms with Crippen LogP contribution in [0.4, 0.5) is 0 Å². The molecule has 12 atom stereocenters. The van der Waals surface area contributed by atoms with E-state index >= 15 is 0 Å². The number of carbonyl (C=O) groups is 5. The Hall–Kier alpha value is -2.83. The molecule has 0 saturated heterocycles. The molecule has 8 rings (SSSR count). The normalized spacial score (nSPS) is 45.2. The van der Waals surface area contributed by atoms with E-state index in [1.54, 1.807) is 6.92 Å². The molecule has 0 spiro atoms. The molecule has 5 fully saturated rings. The molecule has 0 aromatic heterocycles. The third-order valence-electron chi connectivity index (χ3n) is 17.3. The zero-order valence-corrected chi connectivity index (χ0v) is 33.7. The molecule has 0 heterocycles. The van der Waals surface area contributed by atoms with Crippen molar-refractivity contribution in [3.63, 3.8) is 0 Å². The Labute approximate surface area is 317 Å². The summed E-state index contributed by atoms with van der Waals surface area (Å²) in [5.41, 5.74) is 2.98. The first kappa shape index (κ1) is 38.4. The Morgan fingerprint density at radius 2 is 1.40 bits per heavy atom. The van der Waals surface area contributed by atoms with E-state index in [-0.39, 0.29) is 51.3 Å². The fourth-order valence-electron chi connectivity index (χ4n) is 14.4. The number of allylic oxidation sites excluding steroid dienone is 5. The molecule has 290 valence electrons. The standard InChI is InChI=1S/C24H32O4.C22H32O3/c1-14-12-18-19(22(4)9-6-17(27)13-21(14)22)7-10-23(5)20(18)8-11-24(23,15(2)25)28-16(3)26;1-4-20(24)25-19-8-7-17-16-6-5-14-13-15(23)9-11-21(14,2)18(16)10-12-22(17,19)3/h12-13,18-20H,6-11H2,1-5H3;13,16-19H,4-12H2,1-3H3. The highest BCUT2D eigenvalue weighted by atomic mass is 16.6. The summed E-state index contributed by atoms with van der Waals surface area (Å²) in [7, 11) is 0. The SMILES string of the molecule is CC(=O)OC1(C(C)=O)CCC2C3C=C(C)C4=CC(=O)CCC4(C)C3CCC21C.CCC(=O)OC1CCC2C3CCC4=CC(=O)CCC4(C)C3CCC12C. The fraction of sp³-hybridized carbons (Fsp3) is 0.761. The molecule has 0 aliphatic heterocycles. The van der Waals surface area contributed by atoms with Crippen LogP contribution in [0.5, 0.6) is 0 Å². The van der Waals surface area contributed by atoms with E-state index in [0.29, 0.717) is 54.6 Å². The van der Waals surface area contributed by atoms with Crippen molar-refractivity contribution < 1.29 is 33.4 Å². The summed E-state index contributed by atoms with van der Waals surface area (Å²) < 4.78 is 11.7. The molecule has 7 heteroatoms. The quantitative estimate of drug-likeness (QED) is 0.266. The third kappa shape index (κ3) is 5.81. The molecule has 0 radical (unpaired) electrons. The summed E-state index contributed by atoms with van der Waals surface area (Å²) in [5, 5.41) is 0. The van der Waals surface area contributed by atoms with Crippen LogP contribution in [0.1, 0.15) is 152 Å². The summed E-state index contributed by atoms with van der Waals surface area (Å²) >= 11 is 0. The Morgan fingerprint density at radius 1 is 0.736 bits per heavy atom. The first-order valence-electron chi connectivity index (χ1n) is 21.0. The predicted molar refractivity (Wildman–Crippen MR) is 203 cm³/mol. The first-order chi connectivity index (χ1) is 24.9. The topological polar surface area (TPSA) is 104 Å². The highest BCUT2D eigenvalue weighted by molar-refractivity contribution is 5.93. The third-order valence-corrected chi connectivity index (χ3v) is 17.3. The van der Waals surface area contributed by atoms with Crippen molar-refractivity contribution in [2.75, 3.05) is 0 Å². The summed E-state index contributed by atoms with van der Waals surface area (Å²) in [6.07, 6.45) is 20.5. The van der Waals surface area contributed by atoms with Crippen molar-refractivity contribution in [2.24, 2.45) is 57.2 Å². The molecule has 0 N–H and O–H groups in total. The molecule has 8 aliphatic carbocycles. The van der Waals surface area contributed by atoms with E-state index in [4.69, 9.17) is 9.47 Å². The lowest BCUT2D eigenvalue weighted by Crippen LogP contribution is -2.58. The number of ketones is 3. The second-order valence-corrected chi connectivity index (χ2v) is 19.5. The number of carbonyl (C=O) groups excluding carboxylic acids is 5. The maximum atomic E-state index is 12.8. The maximum absolute atomic E-state index is 12.8. The fourth-order valence-corrected chi connectivity index (χ4v) is 14.4. The molecule has 12 unspecified atom stereocenters. The van der Waals surface area contributed by atoms with Gasteiger partial charge in [-0.15, -0.1) is 0 Å². The molecule has 0 bridgehead atoms. The molecule has 7 nitrogen and oxygen atoms in total. The van der Waals surface area contributed by atoms with E-state index in [9.17, 15) is 24.0 Å². The van der Waals surface area contributed by atoms with Crippen LogP contribution in [0.25, 0.3) is 0 Å². The van der Waals surface area contributed by atoms with Crippen molar-refractivity contribution in [1.82, 2.24) is 0 Å². The molecule has 0 amide bonds. The molecule has 53 heavy (non-hydrogen) atoms. The van der Waals surface area contributed by atoms with Gasteiger partial charge in [0.25, 0.3) is 0 Å². The molecule has 0 aromatic rings. The number of rotatable bonds is 4. The van der Waals surface area contributed by atoms with Crippen LogP contribution in [0.15, 0.2) is 34.9 Å². The van der Waals surface area contributed by atoms with Crippen LogP contribution in [-0.2, 0) is 33.4 Å². The van der Waals surface area contributed by atoms with Gasteiger partial charge in [0.05, 0.1) is 0 Å². The number of hydrogen-bond donors (Lipinski definition) is 0. The molecular weight excluding hydrogens is 664 g/mol. The van der Waals surface area contributed by atoms with Gasteiger partial charge < -0.3 is 9.47 Å². The van der Waals surface area contributed by atoms with E-state index in [1.165, 1.54) is 42.9 Å². The van der Waals surface area contributed by atoms with Crippen LogP contribution in [0, 0.1) is 57.2 Å². The van der Waals surface area contributed by atoms with Gasteiger partial charge in [0, 0.05) is 37.0 Å². The van der Waals surface area contributed by atoms with Gasteiger partial charge >= 0.3 is 11.9 Å². The smallest absolute Gasteiger partial charge is 0.305 e. The summed E-state index contributed by atoms with van der Waals surface area (Å²) in [6.45, 7) is 16.3. The van der Waals surface area contributed by atoms with Crippen LogP contribution >= 0.6 is 0 Å². The second-order valence-electron chi connectivity index (χ2n) is 19.5. The average molecular weight is 729 g/mol. The summed E-state index contributed by atoms with van der Waals surface area (Å²) in [6, 6.07) is 0. The van der Waals surface area contributed by atoms with Gasteiger partial charge in [-0.05, 0) is 155 Å². The predicted octanol–water partition coefficient (Wildman–Crippen LogP) is 9.42. The number of ether oxygens (including phenoxy) is 2. The Balaban J connectivity index is 0.000000165. The van der Waals surface area contributed by atoms with Crippen molar-refractivity contribution >= 4 is 29.3 Å². The first-order valence-corrected chi connectivity index (χ1v) is 21.0. The van der Waals surface area contributed by atoms with Crippen LogP contribution in [0.3, 0.4) is 0 Å². The van der Waals surface area contributed by atoms with Crippen molar-refractivity contribution in [3.8, 4) is 0 Å². The summed E-state index contributed by atoms with van der Waals surface area (Å²) in [5.74, 6) is 3.44. The highest BCUT2D eigenvalue weighted by Crippen LogP contribution is 2.68. The van der Waals surface area contributed by atoms with E-state index in [1.807, 2.05) is 19.1 Å². The lowest BCUT2D eigenvalue weighted by Gasteiger charge is -2.58. The minimum Gasteiger partial charge on any atom is -0.462 e. The lowest BCUT2D eigenvalue weighted by atomic mass is 9.47. The van der Waals surface area contributed by atoms with Gasteiger partial charge in [0.2, 0.25) is 0 Å². The van der Waals surface area contributed by atoms with E-state index in [2.05, 4.69) is 40.7 Å². The Morgan fingerprint density at radius 3 is 2.08 bits per heavy atom. The lowest BCUT2D eigenvalue weighted by molar-refractivity contribution is -0.185. The monoisotopic (exact) mass is 728 g/mol. The molecule has 5 saturated carbocycles. The highest BCUT2D eigenvalue weighted by Gasteiger charge is 2.68. The maximum Gasteiger partial charge on any atom is 0.305 e. The minimum atomic E-state index is -0.990. The second kappa shape index (κ2) is 13.4. The molecule has 8 aliphatic rings. The van der Waals surface area contributed by atoms with Gasteiger partial charge in [-0.25, -0.2) is 0 Å². The average Bonchev–Trinajstić information content (AvgIpc) is 3.59. The van der Waals surface area contributed by atoms with Crippen molar-refractivity contribution in [1.29, 1.82) is 0 Å². The van der Waals surface area contributed by atoms with Crippen molar-refractivity contribution in [3.05, 3.63) is 34.9 Å². The van der Waals surface area contributed by atoms with Crippen LogP contribution < -0.4 is 0 Å². The Bertz CT molecular complexity index is 1680. The largest absolute Gasteiger partial charge is 0.462 e. The zero-order valence-electron chi connectivity index (χ0n) is 33.7. The van der Waals surface area contributed by atoms with Gasteiger partial charge in [-0.3, -0.25) is 24.0 Å². The van der Waals surface area contributed by atoms with Crippen LogP contribution in [-0.4, -0.2) is 41.0 Å². The van der Waals surface area contributed by atoms with E-state index < -0.39 is 5.60 Å². The number of Topliss-reactive ketones (excluding diaryl/α,β-unsaturated/α-hetero) is 1. The van der Waals surface area contributed by atoms with Gasteiger partial charge in [0.1, 0.15) is 6.10 Å². The van der Waals surface area contributed by atoms with Crippen LogP contribution in [0.2, 0.25) is 0 Å². The number of esters is 2.